The highest BCUT2D eigenvalue weighted by Crippen LogP contribution is 2.38. The first-order chi connectivity index (χ1) is 31.6. The summed E-state index contributed by atoms with van der Waals surface area (Å²) in [6, 6.07) is 0. The molecule has 2 atom stereocenters. The normalized spacial score (nSPS) is 13.9. The fourth-order valence-electron chi connectivity index (χ4n) is 7.72. The van der Waals surface area contributed by atoms with Crippen LogP contribution in [0.3, 0.4) is 0 Å². The standard InChI is InChI=1S/C56H106NO7P/c1-6-8-10-12-14-16-18-20-22-24-26-28-29-30-31-33-35-37-39-41-43-45-47-49-56(58)64-55(54-63-65(59,60)62-52-50-57(3,4)5)53-61-51-48-46-44-42-40-38-36-34-32-27-25-23-21-19-17-15-13-11-9-7-2/h8,10,14,16,20,22,26,28,55H,6-7,9,11-13,15,17-19,21,23-25,27,29-54H2,1-5H3/b10-8-,16-14-,22-20-,28-26-. The predicted octanol–water partition coefficient (Wildman–Crippen LogP) is 16.4. The molecule has 0 bridgehead atoms. The van der Waals surface area contributed by atoms with E-state index in [1.165, 1.54) is 167 Å². The Balaban J connectivity index is 4.09. The first-order valence-electron chi connectivity index (χ1n) is 27.4. The van der Waals surface area contributed by atoms with Crippen molar-refractivity contribution in [2.45, 2.75) is 251 Å². The second-order valence-corrected chi connectivity index (χ2v) is 21.0. The van der Waals surface area contributed by atoms with Gasteiger partial charge in [-0.15, -0.1) is 0 Å². The van der Waals surface area contributed by atoms with E-state index in [1.54, 1.807) is 0 Å². The SMILES string of the molecule is CC/C=C\C/C=C\C/C=C\C/C=C\CCCCCCCCCCCCC(=O)OC(COCCCCCCCCCCCCCCCCCCCCCC)COP(=O)([O-])OCC[N+](C)(C)C. The average molecular weight is 936 g/mol. The molecule has 0 aromatic carbocycles. The van der Waals surface area contributed by atoms with Gasteiger partial charge in [-0.05, 0) is 51.4 Å². The number of rotatable bonds is 51. The topological polar surface area (TPSA) is 94.1 Å². The largest absolute Gasteiger partial charge is 0.756 e. The minimum Gasteiger partial charge on any atom is -0.756 e. The predicted molar refractivity (Wildman–Crippen MR) is 277 cm³/mol. The Kier molecular flexibility index (Phi) is 47.7. The van der Waals surface area contributed by atoms with Gasteiger partial charge in [-0.2, -0.15) is 0 Å². The molecule has 0 radical (unpaired) electrons. The molecule has 0 saturated carbocycles. The summed E-state index contributed by atoms with van der Waals surface area (Å²) in [5, 5.41) is 0. The average Bonchev–Trinajstić information content (AvgIpc) is 3.27. The molecular weight excluding hydrogens is 830 g/mol. The molecule has 0 spiro atoms. The van der Waals surface area contributed by atoms with Crippen LogP contribution < -0.4 is 4.89 Å². The van der Waals surface area contributed by atoms with Crippen LogP contribution in [0.1, 0.15) is 245 Å². The Morgan fingerprint density at radius 2 is 0.892 bits per heavy atom. The molecule has 8 nitrogen and oxygen atoms in total. The van der Waals surface area contributed by atoms with Gasteiger partial charge in [0.05, 0.1) is 34.4 Å². The van der Waals surface area contributed by atoms with E-state index in [9.17, 15) is 14.3 Å². The molecule has 0 saturated heterocycles. The van der Waals surface area contributed by atoms with E-state index >= 15 is 0 Å². The minimum atomic E-state index is -4.53. The summed E-state index contributed by atoms with van der Waals surface area (Å²) < 4.78 is 34.8. The number of allylic oxidation sites excluding steroid dienone is 8. The maximum Gasteiger partial charge on any atom is 0.306 e. The zero-order valence-electron chi connectivity index (χ0n) is 43.4. The first kappa shape index (κ1) is 63.5. The van der Waals surface area contributed by atoms with Crippen molar-refractivity contribution in [3.63, 3.8) is 0 Å². The maximum atomic E-state index is 12.8. The van der Waals surface area contributed by atoms with Crippen molar-refractivity contribution in [3.05, 3.63) is 48.6 Å². The lowest BCUT2D eigenvalue weighted by molar-refractivity contribution is -0.870. The van der Waals surface area contributed by atoms with Gasteiger partial charge in [0, 0.05) is 13.0 Å². The van der Waals surface area contributed by atoms with E-state index in [0.29, 0.717) is 24.1 Å². The summed E-state index contributed by atoms with van der Waals surface area (Å²) >= 11 is 0. The number of likely N-dealkylation sites (N-methyl/N-ethyl adjacent to an activating group) is 1. The van der Waals surface area contributed by atoms with Crippen LogP contribution >= 0.6 is 7.82 Å². The summed E-state index contributed by atoms with van der Waals surface area (Å²) in [6.45, 7) is 5.34. The molecule has 0 aliphatic heterocycles. The Hall–Kier alpha value is -1.54. The van der Waals surface area contributed by atoms with Gasteiger partial charge in [0.15, 0.2) is 0 Å². The van der Waals surface area contributed by atoms with Crippen LogP contribution in [0.15, 0.2) is 48.6 Å². The molecule has 0 amide bonds. The van der Waals surface area contributed by atoms with Crippen LogP contribution in [0.4, 0.5) is 0 Å². The van der Waals surface area contributed by atoms with Crippen molar-refractivity contribution in [2.75, 3.05) is 54.1 Å². The van der Waals surface area contributed by atoms with Crippen LogP contribution in [0.25, 0.3) is 0 Å². The second kappa shape index (κ2) is 48.9. The van der Waals surface area contributed by atoms with Crippen molar-refractivity contribution in [1.29, 1.82) is 0 Å². The molecular formula is C56H106NO7P. The quantitative estimate of drug-likeness (QED) is 0.0197. The van der Waals surface area contributed by atoms with E-state index in [1.807, 2.05) is 21.1 Å². The van der Waals surface area contributed by atoms with Gasteiger partial charge < -0.3 is 27.9 Å². The van der Waals surface area contributed by atoms with Gasteiger partial charge in [-0.25, -0.2) is 0 Å². The maximum absolute atomic E-state index is 12.8. The number of quaternary nitrogens is 1. The number of nitrogens with zero attached hydrogens (tertiary/aromatic N) is 1. The minimum absolute atomic E-state index is 0.0257. The number of phosphoric ester groups is 1. The third-order valence-corrected chi connectivity index (χ3v) is 12.9. The van der Waals surface area contributed by atoms with Crippen molar-refractivity contribution in [3.8, 4) is 0 Å². The first-order valence-corrected chi connectivity index (χ1v) is 28.8. The monoisotopic (exact) mass is 936 g/mol. The van der Waals surface area contributed by atoms with Crippen LogP contribution in [-0.4, -0.2) is 70.7 Å². The molecule has 0 aliphatic carbocycles. The lowest BCUT2D eigenvalue weighted by Crippen LogP contribution is -2.37. The van der Waals surface area contributed by atoms with Crippen molar-refractivity contribution >= 4 is 13.8 Å². The second-order valence-electron chi connectivity index (χ2n) is 19.6. The van der Waals surface area contributed by atoms with E-state index in [2.05, 4.69) is 62.5 Å². The summed E-state index contributed by atoms with van der Waals surface area (Å²) in [5.41, 5.74) is 0. The molecule has 0 fully saturated rings. The van der Waals surface area contributed by atoms with E-state index < -0.39 is 13.9 Å². The lowest BCUT2D eigenvalue weighted by atomic mass is 10.0. The number of ether oxygens (including phenoxy) is 2. The number of carbonyl (C=O) groups is 1. The van der Waals surface area contributed by atoms with Crippen LogP contribution in [0.2, 0.25) is 0 Å². The number of hydrogen-bond donors (Lipinski definition) is 0. The van der Waals surface area contributed by atoms with Gasteiger partial charge in [0.25, 0.3) is 7.82 Å². The number of carbonyl (C=O) groups excluding carboxylic acids is 1. The summed E-state index contributed by atoms with van der Waals surface area (Å²) in [7, 11) is 1.36. The van der Waals surface area contributed by atoms with Gasteiger partial charge in [-0.3, -0.25) is 9.36 Å². The molecule has 9 heteroatoms. The molecule has 382 valence electrons. The van der Waals surface area contributed by atoms with Gasteiger partial charge >= 0.3 is 5.97 Å². The van der Waals surface area contributed by atoms with E-state index in [-0.39, 0.29) is 25.8 Å². The van der Waals surface area contributed by atoms with E-state index in [0.717, 1.165) is 57.8 Å². The van der Waals surface area contributed by atoms with Crippen LogP contribution in [0.5, 0.6) is 0 Å². The Labute approximate surface area is 403 Å². The summed E-state index contributed by atoms with van der Waals surface area (Å²) in [5.74, 6) is -0.335. The Morgan fingerprint density at radius 3 is 1.34 bits per heavy atom. The van der Waals surface area contributed by atoms with Gasteiger partial charge in [0.2, 0.25) is 0 Å². The molecule has 0 aliphatic rings. The highest BCUT2D eigenvalue weighted by molar-refractivity contribution is 7.45. The lowest BCUT2D eigenvalue weighted by Gasteiger charge is -2.28. The molecule has 65 heavy (non-hydrogen) atoms. The number of hydrogen-bond acceptors (Lipinski definition) is 7. The fraction of sp³-hybridized carbons (Fsp3) is 0.839. The van der Waals surface area contributed by atoms with Crippen LogP contribution in [-0.2, 0) is 27.9 Å². The molecule has 0 heterocycles. The van der Waals surface area contributed by atoms with Crippen LogP contribution in [0, 0.1) is 0 Å². The number of esters is 1. The summed E-state index contributed by atoms with van der Waals surface area (Å²) in [4.78, 5) is 25.2. The molecule has 0 rings (SSSR count). The molecule has 2 unspecified atom stereocenters. The van der Waals surface area contributed by atoms with Crippen molar-refractivity contribution in [2.24, 2.45) is 0 Å². The van der Waals surface area contributed by atoms with Crippen molar-refractivity contribution < 1.29 is 37.3 Å². The van der Waals surface area contributed by atoms with E-state index in [4.69, 9.17) is 18.5 Å². The fourth-order valence-corrected chi connectivity index (χ4v) is 8.45. The molecule has 0 aromatic heterocycles. The van der Waals surface area contributed by atoms with Gasteiger partial charge in [0.1, 0.15) is 19.3 Å². The third kappa shape index (κ3) is 53.3. The zero-order chi connectivity index (χ0) is 47.6. The third-order valence-electron chi connectivity index (χ3n) is 11.9. The zero-order valence-corrected chi connectivity index (χ0v) is 44.3. The number of unbranched alkanes of at least 4 members (excludes halogenated alkanes) is 29. The van der Waals surface area contributed by atoms with Gasteiger partial charge in [-0.1, -0.05) is 236 Å². The smallest absolute Gasteiger partial charge is 0.306 e. The highest BCUT2D eigenvalue weighted by atomic mass is 31.2. The molecule has 0 aromatic rings. The highest BCUT2D eigenvalue weighted by Gasteiger charge is 2.20. The molecule has 0 N–H and O–H groups in total. The Morgan fingerprint density at radius 1 is 0.492 bits per heavy atom. The Bertz CT molecular complexity index is 1180. The van der Waals surface area contributed by atoms with Crippen molar-refractivity contribution in [1.82, 2.24) is 0 Å². The summed E-state index contributed by atoms with van der Waals surface area (Å²) in [6.07, 6.45) is 61.4. The number of phosphoric acid groups is 1.